The van der Waals surface area contributed by atoms with Gasteiger partial charge in [0.25, 0.3) is 0 Å². The number of benzene rings is 1. The molecule has 0 aliphatic rings. The molecule has 0 aliphatic carbocycles. The molecule has 0 aliphatic heterocycles. The first-order valence-electron chi connectivity index (χ1n) is 5.65. The van der Waals surface area contributed by atoms with Crippen LogP contribution in [0.4, 0.5) is 5.69 Å². The quantitative estimate of drug-likeness (QED) is 0.664. The van der Waals surface area contributed by atoms with Crippen LogP contribution in [0.3, 0.4) is 0 Å². The molecule has 5 heteroatoms. The number of aryl methyl sites for hydroxylation is 2. The van der Waals surface area contributed by atoms with Crippen LogP contribution in [0.2, 0.25) is 0 Å². The first-order chi connectivity index (χ1) is 8.34. The van der Waals surface area contributed by atoms with Crippen LogP contribution >= 0.6 is 0 Å². The van der Waals surface area contributed by atoms with Gasteiger partial charge in [0.2, 0.25) is 10.0 Å². The van der Waals surface area contributed by atoms with E-state index < -0.39 is 10.0 Å². The lowest BCUT2D eigenvalue weighted by molar-refractivity contribution is 0.463. The van der Waals surface area contributed by atoms with Gasteiger partial charge >= 0.3 is 0 Å². The second-order valence-corrected chi connectivity index (χ2v) is 5.99. The van der Waals surface area contributed by atoms with Crippen LogP contribution in [0.25, 0.3) is 0 Å². The lowest BCUT2D eigenvalue weighted by atomic mass is 10.1. The van der Waals surface area contributed by atoms with Gasteiger partial charge in [-0.3, -0.25) is 0 Å². The van der Waals surface area contributed by atoms with Gasteiger partial charge in [-0.15, -0.1) is 6.42 Å². The van der Waals surface area contributed by atoms with Crippen molar-refractivity contribution >= 4 is 15.7 Å². The van der Waals surface area contributed by atoms with E-state index in [-0.39, 0.29) is 6.54 Å². The molecule has 0 amide bonds. The number of sulfonamides is 1. The molecule has 1 aromatic rings. The van der Waals surface area contributed by atoms with Crippen molar-refractivity contribution in [1.29, 1.82) is 0 Å². The largest absolute Gasteiger partial charge is 0.399 e. The molecule has 0 aromatic heterocycles. The highest BCUT2D eigenvalue weighted by molar-refractivity contribution is 7.89. The summed E-state index contributed by atoms with van der Waals surface area (Å²) in [5.41, 5.74) is 7.54. The van der Waals surface area contributed by atoms with Gasteiger partial charge in [0.1, 0.15) is 0 Å². The molecule has 0 atom stereocenters. The fourth-order valence-electron chi connectivity index (χ4n) is 1.99. The van der Waals surface area contributed by atoms with Crippen LogP contribution < -0.4 is 5.73 Å². The molecule has 0 fully saturated rings. The number of hydrogen-bond donors (Lipinski definition) is 1. The molecule has 0 unspecified atom stereocenters. The first-order valence-corrected chi connectivity index (χ1v) is 7.09. The van der Waals surface area contributed by atoms with Crippen molar-refractivity contribution in [2.45, 2.75) is 25.7 Å². The Bertz CT molecular complexity index is 562. The highest BCUT2D eigenvalue weighted by Gasteiger charge is 2.26. The minimum absolute atomic E-state index is 0.0715. The van der Waals surface area contributed by atoms with Gasteiger partial charge in [-0.2, -0.15) is 4.31 Å². The molecule has 4 nitrogen and oxygen atoms in total. The molecule has 18 heavy (non-hydrogen) atoms. The Labute approximate surface area is 109 Å². The normalized spacial score (nSPS) is 11.5. The van der Waals surface area contributed by atoms with Gasteiger partial charge in [-0.05, 0) is 37.1 Å². The van der Waals surface area contributed by atoms with Crippen LogP contribution in [0.1, 0.15) is 18.1 Å². The van der Waals surface area contributed by atoms with Crippen molar-refractivity contribution in [3.63, 3.8) is 0 Å². The summed E-state index contributed by atoms with van der Waals surface area (Å²) < 4.78 is 26.3. The maximum atomic E-state index is 12.5. The smallest absolute Gasteiger partial charge is 0.244 e. The number of hydrogen-bond acceptors (Lipinski definition) is 3. The minimum Gasteiger partial charge on any atom is -0.399 e. The Hall–Kier alpha value is -1.51. The van der Waals surface area contributed by atoms with E-state index in [2.05, 4.69) is 5.92 Å². The molecule has 0 saturated heterocycles. The predicted molar refractivity (Wildman–Crippen MR) is 73.6 cm³/mol. The predicted octanol–water partition coefficient (Wildman–Crippen LogP) is 1.53. The van der Waals surface area contributed by atoms with Crippen molar-refractivity contribution in [1.82, 2.24) is 4.31 Å². The van der Waals surface area contributed by atoms with Crippen LogP contribution in [-0.4, -0.2) is 25.8 Å². The maximum Gasteiger partial charge on any atom is 0.244 e. The van der Waals surface area contributed by atoms with Gasteiger partial charge in [0.15, 0.2) is 0 Å². The molecular formula is C13H18N2O2S. The van der Waals surface area contributed by atoms with E-state index in [0.29, 0.717) is 28.3 Å². The summed E-state index contributed by atoms with van der Waals surface area (Å²) >= 11 is 0. The third-order valence-electron chi connectivity index (χ3n) is 2.70. The minimum atomic E-state index is -3.56. The summed E-state index contributed by atoms with van der Waals surface area (Å²) in [5.74, 6) is 2.37. The standard InChI is InChI=1S/C13H18N2O2S/c1-5-7-15(6-2)18(16,17)13-10(3)8-12(14)9-11(13)4/h1,8-9H,6-7,14H2,2-4H3. The van der Waals surface area contributed by atoms with Crippen molar-refractivity contribution in [2.24, 2.45) is 0 Å². The number of rotatable bonds is 4. The van der Waals surface area contributed by atoms with Crippen molar-refractivity contribution in [2.75, 3.05) is 18.8 Å². The molecule has 0 saturated carbocycles. The Morgan fingerprint density at radius 3 is 2.22 bits per heavy atom. The molecule has 0 spiro atoms. The third-order valence-corrected chi connectivity index (χ3v) is 4.93. The number of nitrogen functional groups attached to an aromatic ring is 1. The highest BCUT2D eigenvalue weighted by Crippen LogP contribution is 2.25. The lowest BCUT2D eigenvalue weighted by Crippen LogP contribution is -2.32. The van der Waals surface area contributed by atoms with E-state index in [9.17, 15) is 8.42 Å². The molecule has 0 heterocycles. The van der Waals surface area contributed by atoms with Gasteiger partial charge in [0, 0.05) is 12.2 Å². The molecule has 0 radical (unpaired) electrons. The Morgan fingerprint density at radius 1 is 1.33 bits per heavy atom. The van der Waals surface area contributed by atoms with E-state index in [1.807, 2.05) is 0 Å². The van der Waals surface area contributed by atoms with Crippen LogP contribution in [-0.2, 0) is 10.0 Å². The second kappa shape index (κ2) is 5.42. The summed E-state index contributed by atoms with van der Waals surface area (Å²) in [6, 6.07) is 3.31. The van der Waals surface area contributed by atoms with Gasteiger partial charge in [0.05, 0.1) is 11.4 Å². The number of terminal acetylenes is 1. The summed E-state index contributed by atoms with van der Waals surface area (Å²) in [7, 11) is -3.56. The SMILES string of the molecule is C#CCN(CC)S(=O)(=O)c1c(C)cc(N)cc1C. The van der Waals surface area contributed by atoms with E-state index in [0.717, 1.165) is 0 Å². The molecule has 1 aromatic carbocycles. The van der Waals surface area contributed by atoms with E-state index in [4.69, 9.17) is 12.2 Å². The Kier molecular flexibility index (Phi) is 4.38. The van der Waals surface area contributed by atoms with Crippen molar-refractivity contribution in [3.8, 4) is 12.3 Å². The molecule has 0 bridgehead atoms. The zero-order chi connectivity index (χ0) is 13.9. The molecular weight excluding hydrogens is 248 g/mol. The Balaban J connectivity index is 3.42. The van der Waals surface area contributed by atoms with Crippen LogP contribution in [0.5, 0.6) is 0 Å². The van der Waals surface area contributed by atoms with Gasteiger partial charge < -0.3 is 5.73 Å². The number of nitrogens with two attached hydrogens (primary N) is 1. The molecule has 2 N–H and O–H groups in total. The highest BCUT2D eigenvalue weighted by atomic mass is 32.2. The molecule has 1 rings (SSSR count). The van der Waals surface area contributed by atoms with Crippen LogP contribution in [0, 0.1) is 26.2 Å². The second-order valence-electron chi connectivity index (χ2n) is 4.12. The fourth-order valence-corrected chi connectivity index (χ4v) is 3.76. The van der Waals surface area contributed by atoms with E-state index in [1.54, 1.807) is 32.9 Å². The number of anilines is 1. The summed E-state index contributed by atoms with van der Waals surface area (Å²) in [6.45, 7) is 5.65. The van der Waals surface area contributed by atoms with Crippen LogP contribution in [0.15, 0.2) is 17.0 Å². The fraction of sp³-hybridized carbons (Fsp3) is 0.385. The zero-order valence-corrected chi connectivity index (χ0v) is 11.7. The Morgan fingerprint density at radius 2 is 1.83 bits per heavy atom. The summed E-state index contributed by atoms with van der Waals surface area (Å²) in [6.07, 6.45) is 5.20. The van der Waals surface area contributed by atoms with Gasteiger partial charge in [-0.25, -0.2) is 8.42 Å². The molecule has 98 valence electrons. The number of nitrogens with zero attached hydrogens (tertiary/aromatic N) is 1. The summed E-state index contributed by atoms with van der Waals surface area (Å²) in [5, 5.41) is 0. The topological polar surface area (TPSA) is 63.4 Å². The lowest BCUT2D eigenvalue weighted by Gasteiger charge is -2.21. The van der Waals surface area contributed by atoms with Gasteiger partial charge in [-0.1, -0.05) is 12.8 Å². The third kappa shape index (κ3) is 2.66. The van der Waals surface area contributed by atoms with E-state index in [1.165, 1.54) is 4.31 Å². The maximum absolute atomic E-state index is 12.5. The average molecular weight is 266 g/mol. The van der Waals surface area contributed by atoms with E-state index >= 15 is 0 Å². The van der Waals surface area contributed by atoms with Crippen molar-refractivity contribution < 1.29 is 8.42 Å². The zero-order valence-electron chi connectivity index (χ0n) is 10.9. The average Bonchev–Trinajstić information content (AvgIpc) is 2.23. The monoisotopic (exact) mass is 266 g/mol. The van der Waals surface area contributed by atoms with Crippen molar-refractivity contribution in [3.05, 3.63) is 23.3 Å². The first kappa shape index (κ1) is 14.6. The summed E-state index contributed by atoms with van der Waals surface area (Å²) in [4.78, 5) is 0.300.